The Labute approximate surface area is 127 Å². The zero-order valence-corrected chi connectivity index (χ0v) is 12.9. The van der Waals surface area contributed by atoms with Crippen LogP contribution in [0.1, 0.15) is 22.7 Å². The van der Waals surface area contributed by atoms with Gasteiger partial charge in [-0.05, 0) is 44.2 Å². The van der Waals surface area contributed by atoms with Crippen LogP contribution in [0.3, 0.4) is 0 Å². The maximum Gasteiger partial charge on any atom is 0.0934 e. The summed E-state index contributed by atoms with van der Waals surface area (Å²) in [5.41, 5.74) is 1.93. The Bertz CT molecular complexity index is 751. The topological polar surface area (TPSA) is 24.9 Å². The van der Waals surface area contributed by atoms with E-state index in [0.717, 1.165) is 21.6 Å². The molecule has 0 aliphatic carbocycles. The SMILES string of the molecule is Cc1ccc(C(C)Nc2cc(Cl)cc3cccnc23)s1. The molecule has 0 saturated heterocycles. The number of hydrogen-bond donors (Lipinski definition) is 1. The number of fused-ring (bicyclic) bond motifs is 1. The molecule has 2 heterocycles. The Balaban J connectivity index is 1.98. The highest BCUT2D eigenvalue weighted by molar-refractivity contribution is 7.12. The van der Waals surface area contributed by atoms with E-state index in [1.165, 1.54) is 9.75 Å². The van der Waals surface area contributed by atoms with Gasteiger partial charge >= 0.3 is 0 Å². The van der Waals surface area contributed by atoms with Gasteiger partial charge in [-0.1, -0.05) is 17.7 Å². The number of aryl methyl sites for hydroxylation is 1. The summed E-state index contributed by atoms with van der Waals surface area (Å²) < 4.78 is 0. The second-order valence-corrected chi connectivity index (χ2v) is 6.60. The Morgan fingerprint density at radius 3 is 2.85 bits per heavy atom. The molecule has 2 nitrogen and oxygen atoms in total. The van der Waals surface area contributed by atoms with Crippen LogP contribution in [-0.4, -0.2) is 4.98 Å². The van der Waals surface area contributed by atoms with Gasteiger partial charge in [0.05, 0.1) is 17.2 Å². The van der Waals surface area contributed by atoms with Gasteiger partial charge in [0.25, 0.3) is 0 Å². The lowest BCUT2D eigenvalue weighted by Crippen LogP contribution is -2.05. The molecule has 0 aliphatic heterocycles. The quantitative estimate of drug-likeness (QED) is 0.697. The molecule has 0 amide bonds. The Hall–Kier alpha value is -1.58. The molecule has 102 valence electrons. The van der Waals surface area contributed by atoms with Crippen LogP contribution in [0.15, 0.2) is 42.6 Å². The molecular formula is C16H15ClN2S. The van der Waals surface area contributed by atoms with E-state index >= 15 is 0 Å². The van der Waals surface area contributed by atoms with Crippen molar-refractivity contribution < 1.29 is 0 Å². The van der Waals surface area contributed by atoms with Crippen LogP contribution < -0.4 is 5.32 Å². The van der Waals surface area contributed by atoms with Gasteiger partial charge in [-0.25, -0.2) is 0 Å². The lowest BCUT2D eigenvalue weighted by molar-refractivity contribution is 0.909. The van der Waals surface area contributed by atoms with Crippen molar-refractivity contribution in [2.24, 2.45) is 0 Å². The number of nitrogens with one attached hydrogen (secondary N) is 1. The van der Waals surface area contributed by atoms with E-state index in [0.29, 0.717) is 0 Å². The van der Waals surface area contributed by atoms with E-state index < -0.39 is 0 Å². The minimum absolute atomic E-state index is 0.234. The molecule has 3 aromatic rings. The fraction of sp³-hybridized carbons (Fsp3) is 0.188. The molecule has 0 bridgehead atoms. The van der Waals surface area contributed by atoms with Gasteiger partial charge in [0.1, 0.15) is 0 Å². The first-order chi connectivity index (χ1) is 9.63. The Morgan fingerprint density at radius 2 is 2.10 bits per heavy atom. The molecule has 1 atom stereocenters. The van der Waals surface area contributed by atoms with Crippen LogP contribution in [-0.2, 0) is 0 Å². The number of anilines is 1. The summed E-state index contributed by atoms with van der Waals surface area (Å²) in [4.78, 5) is 7.09. The lowest BCUT2D eigenvalue weighted by atomic mass is 10.1. The standard InChI is InChI=1S/C16H15ClN2S/c1-10-5-6-15(20-10)11(2)19-14-9-13(17)8-12-4-3-7-18-16(12)14/h3-9,11,19H,1-2H3. The fourth-order valence-electron chi connectivity index (χ4n) is 2.26. The summed E-state index contributed by atoms with van der Waals surface area (Å²) in [6, 6.07) is 12.4. The molecule has 1 aromatic carbocycles. The van der Waals surface area contributed by atoms with Crippen molar-refractivity contribution in [2.45, 2.75) is 19.9 Å². The van der Waals surface area contributed by atoms with Gasteiger partial charge in [-0.15, -0.1) is 11.3 Å². The van der Waals surface area contributed by atoms with Crippen LogP contribution in [0.5, 0.6) is 0 Å². The number of thiophene rings is 1. The highest BCUT2D eigenvalue weighted by Crippen LogP contribution is 2.31. The first kappa shape index (κ1) is 13.4. The number of nitrogens with zero attached hydrogens (tertiary/aromatic N) is 1. The number of aromatic nitrogens is 1. The van der Waals surface area contributed by atoms with Crippen LogP contribution in [0.25, 0.3) is 10.9 Å². The predicted molar refractivity (Wildman–Crippen MR) is 87.8 cm³/mol. The van der Waals surface area contributed by atoms with Crippen LogP contribution in [0.4, 0.5) is 5.69 Å². The summed E-state index contributed by atoms with van der Waals surface area (Å²) >= 11 is 8.00. The van der Waals surface area contributed by atoms with E-state index in [2.05, 4.69) is 36.3 Å². The number of rotatable bonds is 3. The molecule has 0 radical (unpaired) electrons. The van der Waals surface area contributed by atoms with Gasteiger partial charge in [0.2, 0.25) is 0 Å². The number of halogens is 1. The summed E-state index contributed by atoms with van der Waals surface area (Å²) in [5.74, 6) is 0. The second-order valence-electron chi connectivity index (χ2n) is 4.84. The summed E-state index contributed by atoms with van der Waals surface area (Å²) in [5, 5.41) is 5.30. The van der Waals surface area contributed by atoms with Crippen molar-refractivity contribution >= 4 is 39.5 Å². The minimum Gasteiger partial charge on any atom is -0.376 e. The molecule has 0 spiro atoms. The van der Waals surface area contributed by atoms with Crippen LogP contribution >= 0.6 is 22.9 Å². The molecule has 4 heteroatoms. The van der Waals surface area contributed by atoms with Crippen molar-refractivity contribution in [1.29, 1.82) is 0 Å². The third-order valence-electron chi connectivity index (χ3n) is 3.23. The monoisotopic (exact) mass is 302 g/mol. The van der Waals surface area contributed by atoms with Crippen molar-refractivity contribution in [3.63, 3.8) is 0 Å². The lowest BCUT2D eigenvalue weighted by Gasteiger charge is -2.15. The first-order valence-electron chi connectivity index (χ1n) is 6.50. The smallest absolute Gasteiger partial charge is 0.0934 e. The van der Waals surface area contributed by atoms with E-state index in [1.54, 1.807) is 6.20 Å². The maximum atomic E-state index is 6.19. The Kier molecular flexibility index (Phi) is 3.64. The van der Waals surface area contributed by atoms with Crippen LogP contribution in [0, 0.1) is 6.92 Å². The second kappa shape index (κ2) is 5.43. The predicted octanol–water partition coefficient (Wildman–Crippen LogP) is 5.43. The fourth-order valence-corrected chi connectivity index (χ4v) is 3.36. The highest BCUT2D eigenvalue weighted by atomic mass is 35.5. The van der Waals surface area contributed by atoms with Gasteiger partial charge in [-0.3, -0.25) is 4.98 Å². The van der Waals surface area contributed by atoms with Gasteiger partial charge < -0.3 is 5.32 Å². The minimum atomic E-state index is 0.234. The molecular weight excluding hydrogens is 288 g/mol. The highest BCUT2D eigenvalue weighted by Gasteiger charge is 2.11. The summed E-state index contributed by atoms with van der Waals surface area (Å²) in [6.07, 6.45) is 1.81. The third-order valence-corrected chi connectivity index (χ3v) is 4.63. The molecule has 0 saturated carbocycles. The summed E-state index contributed by atoms with van der Waals surface area (Å²) in [7, 11) is 0. The molecule has 3 rings (SSSR count). The largest absolute Gasteiger partial charge is 0.376 e. The zero-order valence-electron chi connectivity index (χ0n) is 11.4. The number of hydrogen-bond acceptors (Lipinski definition) is 3. The van der Waals surface area contributed by atoms with Crippen molar-refractivity contribution in [3.05, 3.63) is 57.4 Å². The van der Waals surface area contributed by atoms with Crippen molar-refractivity contribution in [1.82, 2.24) is 4.98 Å². The average Bonchev–Trinajstić information content (AvgIpc) is 2.85. The normalized spacial score (nSPS) is 12.6. The van der Waals surface area contributed by atoms with Gasteiger partial charge in [-0.2, -0.15) is 0 Å². The zero-order chi connectivity index (χ0) is 14.1. The van der Waals surface area contributed by atoms with Crippen LogP contribution in [0.2, 0.25) is 5.02 Å². The molecule has 1 N–H and O–H groups in total. The first-order valence-corrected chi connectivity index (χ1v) is 7.70. The van der Waals surface area contributed by atoms with Gasteiger partial charge in [0.15, 0.2) is 0 Å². The molecule has 2 aromatic heterocycles. The van der Waals surface area contributed by atoms with Gasteiger partial charge in [0, 0.05) is 26.4 Å². The van der Waals surface area contributed by atoms with Crippen molar-refractivity contribution in [2.75, 3.05) is 5.32 Å². The molecule has 0 fully saturated rings. The number of pyridine rings is 1. The van der Waals surface area contributed by atoms with E-state index in [1.807, 2.05) is 35.6 Å². The molecule has 20 heavy (non-hydrogen) atoms. The summed E-state index contributed by atoms with van der Waals surface area (Å²) in [6.45, 7) is 4.28. The number of benzene rings is 1. The van der Waals surface area contributed by atoms with Crippen molar-refractivity contribution in [3.8, 4) is 0 Å². The molecule has 1 unspecified atom stereocenters. The Morgan fingerprint density at radius 1 is 1.25 bits per heavy atom. The van der Waals surface area contributed by atoms with E-state index in [4.69, 9.17) is 11.6 Å². The average molecular weight is 303 g/mol. The van der Waals surface area contributed by atoms with E-state index in [9.17, 15) is 0 Å². The maximum absolute atomic E-state index is 6.19. The molecule has 0 aliphatic rings. The van der Waals surface area contributed by atoms with E-state index in [-0.39, 0.29) is 6.04 Å². The third kappa shape index (κ3) is 2.65.